The molecule has 0 radical (unpaired) electrons. The minimum atomic E-state index is -0.438. The number of ether oxygens (including phenoxy) is 3. The van der Waals surface area contributed by atoms with Crippen LogP contribution in [0, 0.1) is 5.92 Å². The molecule has 1 aromatic heterocycles. The van der Waals surface area contributed by atoms with Crippen LogP contribution in [-0.4, -0.2) is 55.5 Å². The Kier molecular flexibility index (Phi) is 6.06. The van der Waals surface area contributed by atoms with E-state index in [4.69, 9.17) is 14.2 Å². The summed E-state index contributed by atoms with van der Waals surface area (Å²) in [5.41, 5.74) is 1.73. The first kappa shape index (κ1) is 18.2. The fourth-order valence-corrected chi connectivity index (χ4v) is 3.16. The van der Waals surface area contributed by atoms with Crippen molar-refractivity contribution in [3.8, 4) is 5.75 Å². The molecule has 1 amide bonds. The van der Waals surface area contributed by atoms with Crippen LogP contribution >= 0.6 is 0 Å². The van der Waals surface area contributed by atoms with E-state index in [0.717, 1.165) is 29.8 Å². The van der Waals surface area contributed by atoms with Crippen molar-refractivity contribution >= 4 is 11.9 Å². The zero-order valence-electron chi connectivity index (χ0n) is 15.1. The molecular weight excluding hydrogens is 336 g/mol. The number of aromatic nitrogens is 3. The molecule has 2 heterocycles. The number of nitrogens with zero attached hydrogens (tertiary/aromatic N) is 3. The zero-order chi connectivity index (χ0) is 18.4. The molecule has 1 N–H and O–H groups in total. The summed E-state index contributed by atoms with van der Waals surface area (Å²) in [5.74, 6) is 1.62. The zero-order valence-corrected chi connectivity index (χ0v) is 15.1. The molecule has 8 nitrogen and oxygen atoms in total. The first-order valence-electron chi connectivity index (χ1n) is 8.68. The summed E-state index contributed by atoms with van der Waals surface area (Å²) in [6, 6.07) is 7.74. The minimum Gasteiger partial charge on any atom is -0.496 e. The van der Waals surface area contributed by atoms with Crippen molar-refractivity contribution < 1.29 is 19.0 Å². The van der Waals surface area contributed by atoms with Gasteiger partial charge < -0.3 is 14.2 Å². The molecule has 26 heavy (non-hydrogen) atoms. The Bertz CT molecular complexity index is 727. The van der Waals surface area contributed by atoms with Crippen LogP contribution in [0.3, 0.4) is 0 Å². The monoisotopic (exact) mass is 360 g/mol. The highest BCUT2D eigenvalue weighted by Crippen LogP contribution is 2.26. The minimum absolute atomic E-state index is 0.346. The lowest BCUT2D eigenvalue weighted by Gasteiger charge is -2.28. The maximum absolute atomic E-state index is 12.4. The molecule has 0 saturated carbocycles. The van der Waals surface area contributed by atoms with Gasteiger partial charge in [0.1, 0.15) is 5.75 Å². The number of H-pyrrole nitrogens is 1. The second-order valence-corrected chi connectivity index (χ2v) is 6.24. The van der Waals surface area contributed by atoms with Crippen LogP contribution in [0.4, 0.5) is 10.6 Å². The average molecular weight is 360 g/mol. The summed E-state index contributed by atoms with van der Waals surface area (Å²) in [5, 5.41) is 11.0. The van der Waals surface area contributed by atoms with Crippen LogP contribution < -0.4 is 9.64 Å². The van der Waals surface area contributed by atoms with E-state index >= 15 is 0 Å². The Morgan fingerprint density at radius 3 is 2.81 bits per heavy atom. The SMILES string of the molecule is COC(=O)N(CC1CCOCC1)c1nn[nH]c1Cc1ccccc1OC. The lowest BCUT2D eigenvalue weighted by Crippen LogP contribution is -2.38. The number of benzene rings is 1. The number of nitrogens with one attached hydrogen (secondary N) is 1. The molecule has 140 valence electrons. The van der Waals surface area contributed by atoms with Crippen LogP contribution in [0.2, 0.25) is 0 Å². The van der Waals surface area contributed by atoms with Crippen LogP contribution in [-0.2, 0) is 15.9 Å². The number of amides is 1. The van der Waals surface area contributed by atoms with E-state index in [0.29, 0.717) is 37.9 Å². The Balaban J connectivity index is 1.83. The normalized spacial score (nSPS) is 14.8. The quantitative estimate of drug-likeness (QED) is 0.851. The van der Waals surface area contributed by atoms with Crippen molar-refractivity contribution in [3.05, 3.63) is 35.5 Å². The number of carbonyl (C=O) groups excluding carboxylic acids is 1. The first-order valence-corrected chi connectivity index (χ1v) is 8.68. The summed E-state index contributed by atoms with van der Waals surface area (Å²) in [6.45, 7) is 1.96. The van der Waals surface area contributed by atoms with Gasteiger partial charge in [0.25, 0.3) is 0 Å². The van der Waals surface area contributed by atoms with E-state index in [1.165, 1.54) is 7.11 Å². The van der Waals surface area contributed by atoms with Gasteiger partial charge in [0.2, 0.25) is 0 Å². The van der Waals surface area contributed by atoms with Crippen molar-refractivity contribution in [3.63, 3.8) is 0 Å². The summed E-state index contributed by atoms with van der Waals surface area (Å²) in [4.78, 5) is 13.9. The number of rotatable bonds is 6. The fraction of sp³-hybridized carbons (Fsp3) is 0.500. The van der Waals surface area contributed by atoms with Gasteiger partial charge in [-0.15, -0.1) is 5.10 Å². The van der Waals surface area contributed by atoms with Gasteiger partial charge in [-0.25, -0.2) is 4.79 Å². The number of hydrogen-bond donors (Lipinski definition) is 1. The molecule has 2 aromatic rings. The van der Waals surface area contributed by atoms with Crippen molar-refractivity contribution in [2.75, 3.05) is 38.9 Å². The predicted molar refractivity (Wildman–Crippen MR) is 95.5 cm³/mol. The summed E-state index contributed by atoms with van der Waals surface area (Å²) in [6.07, 6.45) is 1.90. The van der Waals surface area contributed by atoms with Crippen molar-refractivity contribution in [2.24, 2.45) is 5.92 Å². The second-order valence-electron chi connectivity index (χ2n) is 6.24. The largest absolute Gasteiger partial charge is 0.496 e. The Hall–Kier alpha value is -2.61. The van der Waals surface area contributed by atoms with Gasteiger partial charge in [-0.05, 0) is 24.8 Å². The van der Waals surface area contributed by atoms with E-state index in [1.54, 1.807) is 12.0 Å². The number of para-hydroxylation sites is 1. The van der Waals surface area contributed by atoms with Gasteiger partial charge in [-0.1, -0.05) is 23.4 Å². The van der Waals surface area contributed by atoms with Gasteiger partial charge in [0, 0.05) is 31.7 Å². The maximum atomic E-state index is 12.4. The molecule has 0 unspecified atom stereocenters. The molecule has 0 bridgehead atoms. The van der Waals surface area contributed by atoms with Gasteiger partial charge in [-0.3, -0.25) is 10.00 Å². The fourth-order valence-electron chi connectivity index (χ4n) is 3.16. The van der Waals surface area contributed by atoms with Crippen LogP contribution in [0.5, 0.6) is 5.75 Å². The molecular formula is C18H24N4O4. The van der Waals surface area contributed by atoms with Gasteiger partial charge >= 0.3 is 6.09 Å². The smallest absolute Gasteiger partial charge is 0.415 e. The van der Waals surface area contributed by atoms with Crippen LogP contribution in [0.1, 0.15) is 24.1 Å². The van der Waals surface area contributed by atoms with Gasteiger partial charge in [-0.2, -0.15) is 0 Å². The molecule has 1 fully saturated rings. The molecule has 3 rings (SSSR count). The number of methoxy groups -OCH3 is 2. The third-order valence-corrected chi connectivity index (χ3v) is 4.59. The molecule has 0 aliphatic carbocycles. The van der Waals surface area contributed by atoms with Gasteiger partial charge in [0.15, 0.2) is 5.82 Å². The highest BCUT2D eigenvalue weighted by Gasteiger charge is 2.27. The van der Waals surface area contributed by atoms with E-state index in [1.807, 2.05) is 24.3 Å². The maximum Gasteiger partial charge on any atom is 0.415 e. The summed E-state index contributed by atoms with van der Waals surface area (Å²) < 4.78 is 15.8. The topological polar surface area (TPSA) is 89.6 Å². The number of aromatic amines is 1. The number of carbonyl (C=O) groups is 1. The number of anilines is 1. The average Bonchev–Trinajstić information content (AvgIpc) is 3.14. The Labute approximate surface area is 152 Å². The molecule has 1 aliphatic heterocycles. The third kappa shape index (κ3) is 4.13. The molecule has 1 saturated heterocycles. The van der Waals surface area contributed by atoms with Crippen molar-refractivity contribution in [1.29, 1.82) is 0 Å². The van der Waals surface area contributed by atoms with E-state index in [9.17, 15) is 4.79 Å². The standard InChI is InChI=1S/C18H24N4O4/c1-24-16-6-4-3-5-14(16)11-15-17(20-21-19-15)22(18(23)25-2)12-13-7-9-26-10-8-13/h3-6,13H,7-12H2,1-2H3,(H,19,20,21). The van der Waals surface area contributed by atoms with E-state index in [-0.39, 0.29) is 0 Å². The molecule has 0 spiro atoms. The Morgan fingerprint density at radius 1 is 1.31 bits per heavy atom. The van der Waals surface area contributed by atoms with Crippen LogP contribution in [0.25, 0.3) is 0 Å². The van der Waals surface area contributed by atoms with Crippen molar-refractivity contribution in [2.45, 2.75) is 19.3 Å². The lowest BCUT2D eigenvalue weighted by atomic mass is 9.99. The predicted octanol–water partition coefficient (Wildman–Crippen LogP) is 2.40. The Morgan fingerprint density at radius 2 is 2.08 bits per heavy atom. The number of hydrogen-bond acceptors (Lipinski definition) is 6. The molecule has 0 atom stereocenters. The highest BCUT2D eigenvalue weighted by molar-refractivity contribution is 5.86. The van der Waals surface area contributed by atoms with Crippen LogP contribution in [0.15, 0.2) is 24.3 Å². The second kappa shape index (κ2) is 8.66. The summed E-state index contributed by atoms with van der Waals surface area (Å²) >= 11 is 0. The van der Waals surface area contributed by atoms with Gasteiger partial charge in [0.05, 0.1) is 19.9 Å². The molecule has 8 heteroatoms. The molecule has 1 aliphatic rings. The van der Waals surface area contributed by atoms with Crippen molar-refractivity contribution in [1.82, 2.24) is 15.4 Å². The first-order chi connectivity index (χ1) is 12.7. The lowest BCUT2D eigenvalue weighted by molar-refractivity contribution is 0.0677. The third-order valence-electron chi connectivity index (χ3n) is 4.59. The van der Waals surface area contributed by atoms with E-state index < -0.39 is 6.09 Å². The highest BCUT2D eigenvalue weighted by atomic mass is 16.5. The molecule has 1 aromatic carbocycles. The summed E-state index contributed by atoms with van der Waals surface area (Å²) in [7, 11) is 3.01. The van der Waals surface area contributed by atoms with E-state index in [2.05, 4.69) is 15.4 Å².